The lowest BCUT2D eigenvalue weighted by molar-refractivity contribution is -0.384. The number of hydrogen-bond donors (Lipinski definition) is 0. The fraction of sp³-hybridized carbons (Fsp3) is 0.133. The molecule has 0 saturated heterocycles. The van der Waals surface area contributed by atoms with Crippen LogP contribution in [0.2, 0.25) is 5.02 Å². The number of hydrogen-bond acceptors (Lipinski definition) is 4. The summed E-state index contributed by atoms with van der Waals surface area (Å²) in [6.45, 7) is 2.03. The maximum atomic E-state index is 10.7. The molecule has 0 aliphatic heterocycles. The summed E-state index contributed by atoms with van der Waals surface area (Å²) >= 11 is 7.74. The van der Waals surface area contributed by atoms with E-state index in [4.69, 9.17) is 11.6 Å². The molecule has 0 amide bonds. The van der Waals surface area contributed by atoms with Crippen molar-refractivity contribution in [1.82, 2.24) is 4.98 Å². The minimum Gasteiger partial charge on any atom is -0.258 e. The Balaban J connectivity index is 1.93. The molecule has 0 spiro atoms. The summed E-state index contributed by atoms with van der Waals surface area (Å²) in [6, 6.07) is 10.7. The minimum atomic E-state index is -0.448. The lowest BCUT2D eigenvalue weighted by Gasteiger charge is -2.01. The summed E-state index contributed by atoms with van der Waals surface area (Å²) in [5.41, 5.74) is 3.00. The van der Waals surface area contributed by atoms with Gasteiger partial charge in [-0.25, -0.2) is 4.98 Å². The Morgan fingerprint density at radius 1 is 1.29 bits per heavy atom. The number of halogens is 1. The third kappa shape index (κ3) is 2.89. The van der Waals surface area contributed by atoms with Gasteiger partial charge in [-0.2, -0.15) is 0 Å². The van der Waals surface area contributed by atoms with Crippen LogP contribution in [0.15, 0.2) is 36.4 Å². The van der Waals surface area contributed by atoms with Crippen LogP contribution in [-0.4, -0.2) is 9.91 Å². The lowest BCUT2D eigenvalue weighted by atomic mass is 10.1. The predicted octanol–water partition coefficient (Wildman–Crippen LogP) is 4.76. The molecular formula is C15H11ClN2O2S. The number of non-ortho nitro benzene ring substituents is 1. The van der Waals surface area contributed by atoms with Crippen LogP contribution in [0, 0.1) is 17.0 Å². The summed E-state index contributed by atoms with van der Waals surface area (Å²) in [5.74, 6) is 0. The molecule has 0 aliphatic carbocycles. The molecule has 0 N–H and O–H groups in total. The summed E-state index contributed by atoms with van der Waals surface area (Å²) in [7, 11) is 0. The van der Waals surface area contributed by atoms with E-state index in [1.54, 1.807) is 17.4 Å². The second kappa shape index (κ2) is 5.42. The molecule has 6 heteroatoms. The Morgan fingerprint density at radius 3 is 2.81 bits per heavy atom. The number of nitro groups is 1. The summed E-state index contributed by atoms with van der Waals surface area (Å²) < 4.78 is 1.13. The van der Waals surface area contributed by atoms with Crippen molar-refractivity contribution in [2.75, 3.05) is 0 Å². The molecule has 1 heterocycles. The van der Waals surface area contributed by atoms with Gasteiger partial charge in [0.05, 0.1) is 25.2 Å². The first-order chi connectivity index (χ1) is 10.0. The first-order valence-corrected chi connectivity index (χ1v) is 7.51. The van der Waals surface area contributed by atoms with E-state index in [2.05, 4.69) is 17.1 Å². The molecule has 0 fully saturated rings. The van der Waals surface area contributed by atoms with Crippen molar-refractivity contribution in [2.45, 2.75) is 13.3 Å². The molecule has 3 aromatic rings. The van der Waals surface area contributed by atoms with Crippen LogP contribution in [0.4, 0.5) is 5.69 Å². The SMILES string of the molecule is Cc1ccc2sc(Cc3ccc([N+](=O)[O-])cc3Cl)nc2c1. The Kier molecular flexibility index (Phi) is 3.61. The van der Waals surface area contributed by atoms with Crippen molar-refractivity contribution in [1.29, 1.82) is 0 Å². The van der Waals surface area contributed by atoms with Crippen molar-refractivity contribution in [3.8, 4) is 0 Å². The Morgan fingerprint density at radius 2 is 2.10 bits per heavy atom. The third-order valence-corrected chi connectivity index (χ3v) is 4.56. The second-order valence-electron chi connectivity index (χ2n) is 4.79. The average Bonchev–Trinajstić information content (AvgIpc) is 2.82. The molecule has 0 aliphatic rings. The highest BCUT2D eigenvalue weighted by atomic mass is 35.5. The van der Waals surface area contributed by atoms with Crippen LogP contribution in [0.25, 0.3) is 10.2 Å². The lowest BCUT2D eigenvalue weighted by Crippen LogP contribution is -1.92. The largest absolute Gasteiger partial charge is 0.270 e. The highest BCUT2D eigenvalue weighted by Crippen LogP contribution is 2.28. The van der Waals surface area contributed by atoms with Gasteiger partial charge >= 0.3 is 0 Å². The standard InChI is InChI=1S/C15H11ClN2O2S/c1-9-2-5-14-13(6-9)17-15(21-14)7-10-3-4-11(18(19)20)8-12(10)16/h2-6,8H,7H2,1H3. The van der Waals surface area contributed by atoms with Crippen molar-refractivity contribution in [3.05, 3.63) is 67.7 Å². The zero-order valence-corrected chi connectivity index (χ0v) is 12.7. The second-order valence-corrected chi connectivity index (χ2v) is 6.31. The Bertz CT molecular complexity index is 845. The average molecular weight is 319 g/mol. The van der Waals surface area contributed by atoms with E-state index >= 15 is 0 Å². The number of nitro benzene ring substituents is 1. The Labute approximate surface area is 130 Å². The molecule has 2 aromatic carbocycles. The number of rotatable bonds is 3. The summed E-state index contributed by atoms with van der Waals surface area (Å²) in [4.78, 5) is 14.9. The number of nitrogens with zero attached hydrogens (tertiary/aromatic N) is 2. The molecular weight excluding hydrogens is 308 g/mol. The van der Waals surface area contributed by atoms with Crippen LogP contribution in [0.1, 0.15) is 16.1 Å². The van der Waals surface area contributed by atoms with E-state index in [0.29, 0.717) is 11.4 Å². The predicted molar refractivity (Wildman–Crippen MR) is 85.3 cm³/mol. The monoisotopic (exact) mass is 318 g/mol. The number of fused-ring (bicyclic) bond motifs is 1. The Hall–Kier alpha value is -1.98. The van der Waals surface area contributed by atoms with Crippen LogP contribution < -0.4 is 0 Å². The highest BCUT2D eigenvalue weighted by molar-refractivity contribution is 7.18. The zero-order valence-electron chi connectivity index (χ0n) is 11.2. The van der Waals surface area contributed by atoms with Crippen LogP contribution >= 0.6 is 22.9 Å². The normalized spacial score (nSPS) is 11.0. The number of aryl methyl sites for hydroxylation is 1. The number of aromatic nitrogens is 1. The van der Waals surface area contributed by atoms with Gasteiger partial charge in [0.25, 0.3) is 5.69 Å². The van der Waals surface area contributed by atoms with E-state index in [-0.39, 0.29) is 5.69 Å². The molecule has 0 bridgehead atoms. The van der Waals surface area contributed by atoms with Gasteiger partial charge in [0, 0.05) is 18.6 Å². The molecule has 1 aromatic heterocycles. The van der Waals surface area contributed by atoms with Crippen molar-refractivity contribution in [3.63, 3.8) is 0 Å². The van der Waals surface area contributed by atoms with Gasteiger partial charge in [-0.1, -0.05) is 23.7 Å². The van der Waals surface area contributed by atoms with Gasteiger partial charge in [0.15, 0.2) is 0 Å². The van der Waals surface area contributed by atoms with Gasteiger partial charge in [-0.3, -0.25) is 10.1 Å². The van der Waals surface area contributed by atoms with Gasteiger partial charge in [-0.15, -0.1) is 11.3 Å². The van der Waals surface area contributed by atoms with Gasteiger partial charge < -0.3 is 0 Å². The smallest absolute Gasteiger partial charge is 0.258 e. The molecule has 0 atom stereocenters. The molecule has 106 valence electrons. The van der Waals surface area contributed by atoms with Gasteiger partial charge in [0.1, 0.15) is 0 Å². The molecule has 4 nitrogen and oxygen atoms in total. The quantitative estimate of drug-likeness (QED) is 0.517. The summed E-state index contributed by atoms with van der Waals surface area (Å²) in [6.07, 6.45) is 0.579. The zero-order chi connectivity index (χ0) is 15.0. The fourth-order valence-electron chi connectivity index (χ4n) is 2.12. The van der Waals surface area contributed by atoms with Crippen LogP contribution in [-0.2, 0) is 6.42 Å². The van der Waals surface area contributed by atoms with Gasteiger partial charge in [-0.05, 0) is 30.2 Å². The molecule has 0 saturated carbocycles. The third-order valence-electron chi connectivity index (χ3n) is 3.18. The first kappa shape index (κ1) is 14.0. The maximum absolute atomic E-state index is 10.7. The van der Waals surface area contributed by atoms with Crippen LogP contribution in [0.3, 0.4) is 0 Å². The van der Waals surface area contributed by atoms with Gasteiger partial charge in [0.2, 0.25) is 0 Å². The van der Waals surface area contributed by atoms with Crippen molar-refractivity contribution >= 4 is 38.8 Å². The van der Waals surface area contributed by atoms with Crippen molar-refractivity contribution < 1.29 is 4.92 Å². The molecule has 21 heavy (non-hydrogen) atoms. The molecule has 3 rings (SSSR count). The first-order valence-electron chi connectivity index (χ1n) is 6.32. The van der Waals surface area contributed by atoms with E-state index in [1.165, 1.54) is 17.7 Å². The van der Waals surface area contributed by atoms with Crippen LogP contribution in [0.5, 0.6) is 0 Å². The van der Waals surface area contributed by atoms with E-state index in [9.17, 15) is 10.1 Å². The van der Waals surface area contributed by atoms with E-state index in [0.717, 1.165) is 20.8 Å². The number of benzene rings is 2. The summed E-state index contributed by atoms with van der Waals surface area (Å²) in [5, 5.41) is 12.1. The fourth-order valence-corrected chi connectivity index (χ4v) is 3.33. The molecule has 0 unspecified atom stereocenters. The highest BCUT2D eigenvalue weighted by Gasteiger charge is 2.12. The van der Waals surface area contributed by atoms with Crippen molar-refractivity contribution in [2.24, 2.45) is 0 Å². The minimum absolute atomic E-state index is 0.00340. The molecule has 0 radical (unpaired) electrons. The topological polar surface area (TPSA) is 56.0 Å². The number of thiazole rings is 1. The van der Waals surface area contributed by atoms with E-state index in [1.807, 2.05) is 13.0 Å². The van der Waals surface area contributed by atoms with E-state index < -0.39 is 4.92 Å². The maximum Gasteiger partial charge on any atom is 0.270 e.